The van der Waals surface area contributed by atoms with Crippen molar-refractivity contribution < 1.29 is 19.1 Å². The molecule has 168 valence electrons. The first-order valence-corrected chi connectivity index (χ1v) is 10.8. The summed E-state index contributed by atoms with van der Waals surface area (Å²) in [7, 11) is 0. The van der Waals surface area contributed by atoms with Gasteiger partial charge in [-0.2, -0.15) is 5.10 Å². The molecule has 1 aliphatic rings. The van der Waals surface area contributed by atoms with E-state index >= 15 is 0 Å². The molecule has 1 aliphatic carbocycles. The van der Waals surface area contributed by atoms with E-state index in [0.717, 1.165) is 42.7 Å². The average molecular weight is 430 g/mol. The van der Waals surface area contributed by atoms with Gasteiger partial charge in [0.1, 0.15) is 18.5 Å². The van der Waals surface area contributed by atoms with Crippen molar-refractivity contribution in [2.24, 2.45) is 5.73 Å². The highest BCUT2D eigenvalue weighted by molar-refractivity contribution is 5.91. The molecule has 1 saturated carbocycles. The van der Waals surface area contributed by atoms with Crippen molar-refractivity contribution in [3.05, 3.63) is 41.6 Å². The normalized spacial score (nSPS) is 17.9. The van der Waals surface area contributed by atoms with Crippen LogP contribution in [0.1, 0.15) is 49.8 Å². The zero-order valence-corrected chi connectivity index (χ0v) is 17.9. The van der Waals surface area contributed by atoms with Gasteiger partial charge in [-0.15, -0.1) is 0 Å². The van der Waals surface area contributed by atoms with Crippen molar-refractivity contribution in [2.75, 3.05) is 25.0 Å². The molecule has 2 aromatic rings. The first kappa shape index (κ1) is 22.6. The van der Waals surface area contributed by atoms with Crippen molar-refractivity contribution >= 4 is 17.8 Å². The van der Waals surface area contributed by atoms with Crippen LogP contribution in [0.4, 0.5) is 10.6 Å². The van der Waals surface area contributed by atoms with Crippen LogP contribution in [-0.2, 0) is 16.0 Å². The van der Waals surface area contributed by atoms with Crippen LogP contribution in [0.5, 0.6) is 5.75 Å². The van der Waals surface area contributed by atoms with E-state index in [9.17, 15) is 9.59 Å². The number of rotatable bonds is 10. The average Bonchev–Trinajstić information content (AvgIpc) is 3.41. The largest absolute Gasteiger partial charge is 0.492 e. The topological polar surface area (TPSA) is 131 Å². The maximum atomic E-state index is 12.4. The molecular weight excluding hydrogens is 398 g/mol. The van der Waals surface area contributed by atoms with E-state index in [2.05, 4.69) is 20.8 Å². The van der Waals surface area contributed by atoms with Gasteiger partial charge >= 0.3 is 6.09 Å². The summed E-state index contributed by atoms with van der Waals surface area (Å²) in [5.41, 5.74) is 7.24. The third kappa shape index (κ3) is 6.99. The molecule has 9 heteroatoms. The predicted octanol–water partition coefficient (Wildman–Crippen LogP) is 2.70. The van der Waals surface area contributed by atoms with E-state index in [-0.39, 0.29) is 30.4 Å². The zero-order chi connectivity index (χ0) is 22.1. The number of H-pyrrole nitrogens is 1. The number of hydrogen-bond acceptors (Lipinski definition) is 6. The zero-order valence-electron chi connectivity index (χ0n) is 17.9. The van der Waals surface area contributed by atoms with Crippen molar-refractivity contribution in [1.82, 2.24) is 15.5 Å². The molecule has 31 heavy (non-hydrogen) atoms. The van der Waals surface area contributed by atoms with Crippen molar-refractivity contribution in [1.29, 1.82) is 0 Å². The van der Waals surface area contributed by atoms with Gasteiger partial charge in [0.2, 0.25) is 5.91 Å². The van der Waals surface area contributed by atoms with Gasteiger partial charge in [0.05, 0.1) is 6.42 Å². The molecule has 2 atom stereocenters. The number of nitrogens with two attached hydrogens (primary N) is 1. The number of benzene rings is 1. The molecular formula is C22H31N5O4. The van der Waals surface area contributed by atoms with Gasteiger partial charge in [-0.1, -0.05) is 19.1 Å². The van der Waals surface area contributed by atoms with Crippen LogP contribution in [0.2, 0.25) is 0 Å². The Kier molecular flexibility index (Phi) is 8.28. The molecule has 1 aromatic carbocycles. The Bertz CT molecular complexity index is 852. The highest BCUT2D eigenvalue weighted by atomic mass is 16.6. The Labute approximate surface area is 182 Å². The Morgan fingerprint density at radius 1 is 1.26 bits per heavy atom. The monoisotopic (exact) mass is 429 g/mol. The lowest BCUT2D eigenvalue weighted by atomic mass is 10.0. The maximum Gasteiger partial charge on any atom is 0.407 e. The lowest BCUT2D eigenvalue weighted by Crippen LogP contribution is -2.28. The molecule has 1 heterocycles. The SMILES string of the molecule is CCCNC(=O)OC1CCC(c2cc(NC(=O)Cc3ccc(OCCN)cc3)n[nH]2)C1. The van der Waals surface area contributed by atoms with E-state index in [1.54, 1.807) is 0 Å². The first-order valence-electron chi connectivity index (χ1n) is 10.8. The van der Waals surface area contributed by atoms with Gasteiger partial charge in [-0.05, 0) is 43.4 Å². The number of anilines is 1. The number of aromatic amines is 1. The van der Waals surface area contributed by atoms with Crippen LogP contribution in [0.3, 0.4) is 0 Å². The van der Waals surface area contributed by atoms with Crippen molar-refractivity contribution in [3.8, 4) is 5.75 Å². The highest BCUT2D eigenvalue weighted by Gasteiger charge is 2.30. The number of carbonyl (C=O) groups excluding carboxylic acids is 2. The number of ether oxygens (including phenoxy) is 2. The van der Waals surface area contributed by atoms with Gasteiger partial charge in [-0.25, -0.2) is 4.79 Å². The summed E-state index contributed by atoms with van der Waals surface area (Å²) in [6.45, 7) is 3.53. The number of amides is 2. The van der Waals surface area contributed by atoms with Gasteiger partial charge in [-0.3, -0.25) is 9.89 Å². The Morgan fingerprint density at radius 2 is 2.06 bits per heavy atom. The molecule has 3 rings (SSSR count). The van der Waals surface area contributed by atoms with E-state index in [4.69, 9.17) is 15.2 Å². The molecule has 2 amide bonds. The number of carbonyl (C=O) groups is 2. The smallest absolute Gasteiger partial charge is 0.407 e. The maximum absolute atomic E-state index is 12.4. The van der Waals surface area contributed by atoms with E-state index in [0.29, 0.717) is 25.5 Å². The van der Waals surface area contributed by atoms with Crippen LogP contribution >= 0.6 is 0 Å². The van der Waals surface area contributed by atoms with Gasteiger partial charge in [0, 0.05) is 30.8 Å². The Hall–Kier alpha value is -3.07. The quantitative estimate of drug-likeness (QED) is 0.459. The molecule has 5 N–H and O–H groups in total. The summed E-state index contributed by atoms with van der Waals surface area (Å²) in [6.07, 6.45) is 3.12. The summed E-state index contributed by atoms with van der Waals surface area (Å²) in [5, 5.41) is 12.8. The summed E-state index contributed by atoms with van der Waals surface area (Å²) < 4.78 is 10.9. The van der Waals surface area contributed by atoms with Gasteiger partial charge < -0.3 is 25.8 Å². The fraction of sp³-hybridized carbons (Fsp3) is 0.500. The summed E-state index contributed by atoms with van der Waals surface area (Å²) in [4.78, 5) is 24.1. The second-order valence-corrected chi connectivity index (χ2v) is 7.68. The Morgan fingerprint density at radius 3 is 2.81 bits per heavy atom. The lowest BCUT2D eigenvalue weighted by Gasteiger charge is -2.12. The minimum atomic E-state index is -0.357. The van der Waals surface area contributed by atoms with Gasteiger partial charge in [0.15, 0.2) is 5.82 Å². The summed E-state index contributed by atoms with van der Waals surface area (Å²) in [6, 6.07) is 9.22. The van der Waals surface area contributed by atoms with Gasteiger partial charge in [0.25, 0.3) is 0 Å². The van der Waals surface area contributed by atoms with Crippen LogP contribution < -0.4 is 21.1 Å². The van der Waals surface area contributed by atoms with Crippen molar-refractivity contribution in [3.63, 3.8) is 0 Å². The number of nitrogens with one attached hydrogen (secondary N) is 3. The van der Waals surface area contributed by atoms with E-state index in [1.807, 2.05) is 37.3 Å². The van der Waals surface area contributed by atoms with Crippen LogP contribution in [0.15, 0.2) is 30.3 Å². The van der Waals surface area contributed by atoms with E-state index in [1.165, 1.54) is 0 Å². The minimum absolute atomic E-state index is 0.0972. The minimum Gasteiger partial charge on any atom is -0.492 e. The lowest BCUT2D eigenvalue weighted by molar-refractivity contribution is -0.115. The third-order valence-electron chi connectivity index (χ3n) is 5.16. The molecule has 9 nitrogen and oxygen atoms in total. The Balaban J connectivity index is 1.45. The highest BCUT2D eigenvalue weighted by Crippen LogP contribution is 2.35. The third-order valence-corrected chi connectivity index (χ3v) is 5.16. The molecule has 2 unspecified atom stereocenters. The number of alkyl carbamates (subject to hydrolysis) is 1. The number of nitrogens with zero attached hydrogens (tertiary/aromatic N) is 1. The molecule has 0 radical (unpaired) electrons. The number of hydrogen-bond donors (Lipinski definition) is 4. The van der Waals surface area contributed by atoms with Crippen LogP contribution in [0, 0.1) is 0 Å². The predicted molar refractivity (Wildman–Crippen MR) is 117 cm³/mol. The number of aromatic nitrogens is 2. The molecule has 0 saturated heterocycles. The molecule has 0 aliphatic heterocycles. The summed E-state index contributed by atoms with van der Waals surface area (Å²) in [5.74, 6) is 1.30. The van der Waals surface area contributed by atoms with Crippen LogP contribution in [-0.4, -0.2) is 48.0 Å². The molecule has 1 fully saturated rings. The fourth-order valence-corrected chi connectivity index (χ4v) is 3.61. The molecule has 1 aromatic heterocycles. The van der Waals surface area contributed by atoms with Crippen molar-refractivity contribution in [2.45, 2.75) is 51.0 Å². The first-order chi connectivity index (χ1) is 15.1. The summed E-state index contributed by atoms with van der Waals surface area (Å²) >= 11 is 0. The fourth-order valence-electron chi connectivity index (χ4n) is 3.61. The molecule has 0 spiro atoms. The second kappa shape index (κ2) is 11.4. The van der Waals surface area contributed by atoms with Crippen LogP contribution in [0.25, 0.3) is 0 Å². The molecule has 0 bridgehead atoms. The van der Waals surface area contributed by atoms with E-state index < -0.39 is 0 Å². The standard InChI is InChI=1S/C22H31N5O4/c1-2-10-24-22(29)31-18-8-5-16(13-18)19-14-20(27-26-19)25-21(28)12-15-3-6-17(7-4-15)30-11-9-23/h3-4,6-7,14,16,18H,2,5,8-13,23H2,1H3,(H,24,29)(H2,25,26,27,28). The second-order valence-electron chi connectivity index (χ2n) is 7.68.